The van der Waals surface area contributed by atoms with E-state index in [1.165, 1.54) is 0 Å². The molecule has 1 aliphatic heterocycles. The number of hydrogen-bond acceptors (Lipinski definition) is 6. The van der Waals surface area contributed by atoms with Gasteiger partial charge in [0.1, 0.15) is 0 Å². The molecule has 0 unspecified atom stereocenters. The van der Waals surface area contributed by atoms with Gasteiger partial charge >= 0.3 is 12.0 Å². The second-order valence-corrected chi connectivity index (χ2v) is 7.47. The fraction of sp³-hybridized carbons (Fsp3) is 0.421. The topological polar surface area (TPSA) is 122 Å². The maximum Gasteiger partial charge on any atom is 0.321 e. The Balaban J connectivity index is 1.79. The molecule has 2 N–H and O–H groups in total. The molecule has 9 nitrogen and oxygen atoms in total. The van der Waals surface area contributed by atoms with Crippen LogP contribution < -0.4 is 10.6 Å². The van der Waals surface area contributed by atoms with Crippen molar-refractivity contribution < 1.29 is 28.7 Å². The SMILES string of the molecule is Cc1ccc2c(c1)C(=O)N(CCC(=O)OCC(=O)NC(=O)NC(C)(C)C)C2=O. The van der Waals surface area contributed by atoms with E-state index in [0.29, 0.717) is 11.1 Å². The highest BCUT2D eigenvalue weighted by molar-refractivity contribution is 6.21. The highest BCUT2D eigenvalue weighted by Gasteiger charge is 2.35. The first-order valence-corrected chi connectivity index (χ1v) is 8.72. The molecule has 0 radical (unpaired) electrons. The van der Waals surface area contributed by atoms with Gasteiger partial charge in [-0.05, 0) is 39.8 Å². The third-order valence-corrected chi connectivity index (χ3v) is 3.77. The van der Waals surface area contributed by atoms with Crippen molar-refractivity contribution in [2.45, 2.75) is 39.7 Å². The summed E-state index contributed by atoms with van der Waals surface area (Å²) < 4.78 is 4.78. The van der Waals surface area contributed by atoms with E-state index in [1.54, 1.807) is 39.0 Å². The Hall–Kier alpha value is -3.23. The molecule has 150 valence electrons. The predicted octanol–water partition coefficient (Wildman–Crippen LogP) is 1.15. The number of esters is 1. The second-order valence-electron chi connectivity index (χ2n) is 7.47. The summed E-state index contributed by atoms with van der Waals surface area (Å²) in [5.74, 6) is -2.48. The van der Waals surface area contributed by atoms with Crippen LogP contribution in [0.5, 0.6) is 0 Å². The van der Waals surface area contributed by atoms with E-state index in [9.17, 15) is 24.0 Å². The third-order valence-electron chi connectivity index (χ3n) is 3.77. The molecule has 0 saturated carbocycles. The average Bonchev–Trinajstić information content (AvgIpc) is 2.80. The van der Waals surface area contributed by atoms with Gasteiger partial charge in [0.2, 0.25) is 0 Å². The Morgan fingerprint density at radius 2 is 1.71 bits per heavy atom. The number of carbonyl (C=O) groups is 5. The highest BCUT2D eigenvalue weighted by atomic mass is 16.5. The van der Waals surface area contributed by atoms with Crippen molar-refractivity contribution in [2.75, 3.05) is 13.2 Å². The Bertz CT molecular complexity index is 841. The largest absolute Gasteiger partial charge is 0.456 e. The van der Waals surface area contributed by atoms with E-state index in [4.69, 9.17) is 4.74 Å². The number of hydrogen-bond donors (Lipinski definition) is 2. The molecule has 9 heteroatoms. The van der Waals surface area contributed by atoms with Gasteiger partial charge in [0.15, 0.2) is 6.61 Å². The van der Waals surface area contributed by atoms with E-state index < -0.39 is 41.9 Å². The molecule has 1 aromatic rings. The van der Waals surface area contributed by atoms with Gasteiger partial charge in [0, 0.05) is 12.1 Å². The number of nitrogens with one attached hydrogen (secondary N) is 2. The molecule has 0 atom stereocenters. The van der Waals surface area contributed by atoms with E-state index in [0.717, 1.165) is 10.5 Å². The number of rotatable bonds is 5. The summed E-state index contributed by atoms with van der Waals surface area (Å²) in [7, 11) is 0. The summed E-state index contributed by atoms with van der Waals surface area (Å²) in [6, 6.07) is 4.24. The minimum absolute atomic E-state index is 0.156. The molecule has 1 heterocycles. The molecule has 0 aliphatic carbocycles. The summed E-state index contributed by atoms with van der Waals surface area (Å²) in [4.78, 5) is 60.5. The van der Waals surface area contributed by atoms with Crippen LogP contribution >= 0.6 is 0 Å². The standard InChI is InChI=1S/C19H23N3O6/c1-11-5-6-12-13(9-11)17(26)22(16(12)25)8-7-15(24)28-10-14(23)20-18(27)21-19(2,3)4/h5-6,9H,7-8,10H2,1-4H3,(H2,20,21,23,27). The zero-order chi connectivity index (χ0) is 21.1. The molecule has 0 bridgehead atoms. The van der Waals surface area contributed by atoms with Crippen molar-refractivity contribution in [1.29, 1.82) is 0 Å². The van der Waals surface area contributed by atoms with Crippen LogP contribution in [0.2, 0.25) is 0 Å². The van der Waals surface area contributed by atoms with Gasteiger partial charge in [-0.3, -0.25) is 29.4 Å². The predicted molar refractivity (Wildman–Crippen MR) is 98.5 cm³/mol. The van der Waals surface area contributed by atoms with E-state index in [2.05, 4.69) is 5.32 Å². The number of fused-ring (bicyclic) bond motifs is 1. The fourth-order valence-electron chi connectivity index (χ4n) is 2.56. The monoisotopic (exact) mass is 389 g/mol. The second kappa shape index (κ2) is 8.20. The summed E-state index contributed by atoms with van der Waals surface area (Å²) in [5.41, 5.74) is 0.935. The third kappa shape index (κ3) is 5.38. The minimum Gasteiger partial charge on any atom is -0.456 e. The molecule has 0 aromatic heterocycles. The Morgan fingerprint density at radius 1 is 1.07 bits per heavy atom. The van der Waals surface area contributed by atoms with Crippen LogP contribution in [0, 0.1) is 6.92 Å². The zero-order valence-corrected chi connectivity index (χ0v) is 16.3. The van der Waals surface area contributed by atoms with Crippen LogP contribution in [0.4, 0.5) is 4.79 Å². The number of benzene rings is 1. The van der Waals surface area contributed by atoms with Crippen molar-refractivity contribution in [3.8, 4) is 0 Å². The smallest absolute Gasteiger partial charge is 0.321 e. The van der Waals surface area contributed by atoms with Crippen LogP contribution in [0.15, 0.2) is 18.2 Å². The molecular formula is C19H23N3O6. The van der Waals surface area contributed by atoms with Crippen LogP contribution in [0.3, 0.4) is 0 Å². The molecule has 1 aliphatic rings. The van der Waals surface area contributed by atoms with E-state index >= 15 is 0 Å². The van der Waals surface area contributed by atoms with Crippen molar-refractivity contribution in [3.05, 3.63) is 34.9 Å². The Morgan fingerprint density at radius 3 is 2.36 bits per heavy atom. The van der Waals surface area contributed by atoms with Gasteiger partial charge in [0.25, 0.3) is 17.7 Å². The highest BCUT2D eigenvalue weighted by Crippen LogP contribution is 2.23. The molecule has 28 heavy (non-hydrogen) atoms. The van der Waals surface area contributed by atoms with Crippen LogP contribution in [0.25, 0.3) is 0 Å². The molecule has 0 spiro atoms. The Labute approximate surface area is 162 Å². The molecule has 0 saturated heterocycles. The average molecular weight is 389 g/mol. The summed E-state index contributed by atoms with van der Waals surface area (Å²) in [5, 5.41) is 4.56. The summed E-state index contributed by atoms with van der Waals surface area (Å²) >= 11 is 0. The lowest BCUT2D eigenvalue weighted by Crippen LogP contribution is -2.49. The van der Waals surface area contributed by atoms with Crippen molar-refractivity contribution in [1.82, 2.24) is 15.5 Å². The number of urea groups is 1. The lowest BCUT2D eigenvalue weighted by molar-refractivity contribution is -0.148. The van der Waals surface area contributed by atoms with Crippen LogP contribution in [-0.4, -0.2) is 53.3 Å². The van der Waals surface area contributed by atoms with Crippen molar-refractivity contribution in [2.24, 2.45) is 0 Å². The molecule has 2 rings (SSSR count). The molecule has 0 fully saturated rings. The first-order valence-electron chi connectivity index (χ1n) is 8.72. The quantitative estimate of drug-likeness (QED) is 0.575. The number of carbonyl (C=O) groups excluding carboxylic acids is 5. The van der Waals surface area contributed by atoms with Gasteiger partial charge in [-0.25, -0.2) is 4.79 Å². The first kappa shape index (κ1) is 21.1. The first-order chi connectivity index (χ1) is 13.0. The molecule has 5 amide bonds. The van der Waals surface area contributed by atoms with E-state index in [-0.39, 0.29) is 13.0 Å². The number of amides is 5. The minimum atomic E-state index is -0.786. The summed E-state index contributed by atoms with van der Waals surface area (Å²) in [6.45, 7) is 6.26. The van der Waals surface area contributed by atoms with Gasteiger partial charge in [-0.15, -0.1) is 0 Å². The van der Waals surface area contributed by atoms with E-state index in [1.807, 2.05) is 12.2 Å². The van der Waals surface area contributed by atoms with Gasteiger partial charge < -0.3 is 10.1 Å². The van der Waals surface area contributed by atoms with Gasteiger partial charge in [0.05, 0.1) is 17.5 Å². The zero-order valence-electron chi connectivity index (χ0n) is 16.3. The number of imide groups is 2. The lowest BCUT2D eigenvalue weighted by atomic mass is 10.1. The Kier molecular flexibility index (Phi) is 6.17. The fourth-order valence-corrected chi connectivity index (χ4v) is 2.56. The molecular weight excluding hydrogens is 366 g/mol. The molecule has 1 aromatic carbocycles. The van der Waals surface area contributed by atoms with Crippen molar-refractivity contribution in [3.63, 3.8) is 0 Å². The number of ether oxygens (including phenoxy) is 1. The van der Waals surface area contributed by atoms with Crippen LogP contribution in [0.1, 0.15) is 53.5 Å². The maximum absolute atomic E-state index is 12.3. The van der Waals surface area contributed by atoms with Gasteiger partial charge in [-0.2, -0.15) is 0 Å². The number of nitrogens with zero attached hydrogens (tertiary/aromatic N) is 1. The summed E-state index contributed by atoms with van der Waals surface area (Å²) in [6.07, 6.45) is -0.258. The van der Waals surface area contributed by atoms with Crippen LogP contribution in [-0.2, 0) is 14.3 Å². The maximum atomic E-state index is 12.3. The normalized spacial score (nSPS) is 13.2. The van der Waals surface area contributed by atoms with Gasteiger partial charge in [-0.1, -0.05) is 11.6 Å². The lowest BCUT2D eigenvalue weighted by Gasteiger charge is -2.20. The number of aryl methyl sites for hydroxylation is 1. The van der Waals surface area contributed by atoms with Crippen molar-refractivity contribution >= 4 is 29.7 Å².